The Kier molecular flexibility index (Phi) is 6.60. The van der Waals surface area contributed by atoms with Crippen LogP contribution in [-0.4, -0.2) is 25.1 Å². The predicted molar refractivity (Wildman–Crippen MR) is 108 cm³/mol. The summed E-state index contributed by atoms with van der Waals surface area (Å²) in [6.45, 7) is 1.94. The van der Waals surface area contributed by atoms with E-state index < -0.39 is 11.9 Å². The van der Waals surface area contributed by atoms with Crippen LogP contribution in [0.5, 0.6) is 5.75 Å². The molecule has 5 nitrogen and oxygen atoms in total. The van der Waals surface area contributed by atoms with Crippen molar-refractivity contribution in [3.05, 3.63) is 75.4 Å². The summed E-state index contributed by atoms with van der Waals surface area (Å²) in [5, 5.41) is 3.49. The second-order valence-electron chi connectivity index (χ2n) is 6.28. The SMILES string of the molecule is CC1=C(C(=O)OCCOc2ccccc2)[C@@H](c2c(Cl)cccc2Cl)CC(=O)N1. The van der Waals surface area contributed by atoms with Gasteiger partial charge in [0.1, 0.15) is 19.0 Å². The highest BCUT2D eigenvalue weighted by Gasteiger charge is 2.35. The van der Waals surface area contributed by atoms with Crippen LogP contribution in [0, 0.1) is 0 Å². The van der Waals surface area contributed by atoms with Gasteiger partial charge in [-0.25, -0.2) is 4.79 Å². The maximum absolute atomic E-state index is 12.8. The van der Waals surface area contributed by atoms with Crippen molar-refractivity contribution >= 4 is 35.1 Å². The minimum Gasteiger partial charge on any atom is -0.490 e. The molecule has 0 saturated carbocycles. The average Bonchev–Trinajstić information content (AvgIpc) is 2.65. The summed E-state index contributed by atoms with van der Waals surface area (Å²) >= 11 is 12.6. The number of ether oxygens (including phenoxy) is 2. The molecular formula is C21H19Cl2NO4. The smallest absolute Gasteiger partial charge is 0.336 e. The quantitative estimate of drug-likeness (QED) is 0.553. The Balaban J connectivity index is 1.74. The molecule has 2 aromatic rings. The van der Waals surface area contributed by atoms with Crippen LogP contribution in [0.1, 0.15) is 24.8 Å². The van der Waals surface area contributed by atoms with Gasteiger partial charge in [0.2, 0.25) is 5.91 Å². The van der Waals surface area contributed by atoms with E-state index in [0.717, 1.165) is 0 Å². The molecule has 1 heterocycles. The molecule has 7 heteroatoms. The van der Waals surface area contributed by atoms with Crippen LogP contribution in [0.2, 0.25) is 10.0 Å². The molecule has 3 rings (SSSR count). The molecule has 1 aliphatic rings. The molecule has 0 bridgehead atoms. The van der Waals surface area contributed by atoms with E-state index in [2.05, 4.69) is 5.32 Å². The first kappa shape index (κ1) is 20.2. The molecule has 0 radical (unpaired) electrons. The van der Waals surface area contributed by atoms with Crippen LogP contribution >= 0.6 is 23.2 Å². The van der Waals surface area contributed by atoms with Gasteiger partial charge in [-0.3, -0.25) is 4.79 Å². The van der Waals surface area contributed by atoms with Crippen LogP contribution in [0.3, 0.4) is 0 Å². The van der Waals surface area contributed by atoms with Gasteiger partial charge in [0.15, 0.2) is 0 Å². The summed E-state index contributed by atoms with van der Waals surface area (Å²) in [5.41, 5.74) is 1.33. The van der Waals surface area contributed by atoms with E-state index in [1.165, 1.54) is 0 Å². The number of amides is 1. The highest BCUT2D eigenvalue weighted by Crippen LogP contribution is 2.40. The molecule has 0 fully saturated rings. The van der Waals surface area contributed by atoms with Crippen molar-refractivity contribution in [3.63, 3.8) is 0 Å². The molecule has 0 aliphatic carbocycles. The number of halogens is 2. The Labute approximate surface area is 173 Å². The number of carbonyl (C=O) groups is 2. The number of rotatable bonds is 6. The van der Waals surface area contributed by atoms with Gasteiger partial charge in [0, 0.05) is 28.1 Å². The lowest BCUT2D eigenvalue weighted by Gasteiger charge is -2.27. The van der Waals surface area contributed by atoms with E-state index in [9.17, 15) is 9.59 Å². The number of carbonyl (C=O) groups excluding carboxylic acids is 2. The topological polar surface area (TPSA) is 64.6 Å². The van der Waals surface area contributed by atoms with Gasteiger partial charge < -0.3 is 14.8 Å². The molecule has 1 amide bonds. The Hall–Kier alpha value is -2.50. The van der Waals surface area contributed by atoms with Crippen LogP contribution in [0.15, 0.2) is 59.8 Å². The molecule has 0 saturated heterocycles. The fourth-order valence-corrected chi connectivity index (χ4v) is 3.81. The van der Waals surface area contributed by atoms with E-state index in [0.29, 0.717) is 32.6 Å². The molecule has 0 spiro atoms. The van der Waals surface area contributed by atoms with E-state index in [1.54, 1.807) is 25.1 Å². The summed E-state index contributed by atoms with van der Waals surface area (Å²) in [4.78, 5) is 24.8. The van der Waals surface area contributed by atoms with Gasteiger partial charge >= 0.3 is 5.97 Å². The van der Waals surface area contributed by atoms with Crippen molar-refractivity contribution in [3.8, 4) is 5.75 Å². The monoisotopic (exact) mass is 419 g/mol. The van der Waals surface area contributed by atoms with Crippen LogP contribution < -0.4 is 10.1 Å². The zero-order chi connectivity index (χ0) is 20.1. The standard InChI is InChI=1S/C21H19Cl2NO4/c1-13-19(21(26)28-11-10-27-14-6-3-2-4-7-14)15(12-18(25)24-13)20-16(22)8-5-9-17(20)23/h2-9,15H,10-12H2,1H3,(H,24,25)/t15-/m0/s1. The summed E-state index contributed by atoms with van der Waals surface area (Å²) in [6, 6.07) is 14.3. The second kappa shape index (κ2) is 9.13. The molecule has 146 valence electrons. The molecule has 1 N–H and O–H groups in total. The molecule has 28 heavy (non-hydrogen) atoms. The van der Waals surface area contributed by atoms with Crippen LogP contribution in [-0.2, 0) is 14.3 Å². The minimum atomic E-state index is -0.572. The zero-order valence-corrected chi connectivity index (χ0v) is 16.7. The van der Waals surface area contributed by atoms with Crippen molar-refractivity contribution in [2.24, 2.45) is 0 Å². The van der Waals surface area contributed by atoms with Crippen molar-refractivity contribution in [2.75, 3.05) is 13.2 Å². The Morgan fingerprint density at radius 1 is 1.07 bits per heavy atom. The normalized spacial score (nSPS) is 16.5. The van der Waals surface area contributed by atoms with Crippen molar-refractivity contribution in [1.29, 1.82) is 0 Å². The Morgan fingerprint density at radius 3 is 2.43 bits per heavy atom. The van der Waals surface area contributed by atoms with Gasteiger partial charge in [0.05, 0.1) is 5.57 Å². The summed E-state index contributed by atoms with van der Waals surface area (Å²) in [7, 11) is 0. The van der Waals surface area contributed by atoms with Crippen LogP contribution in [0.25, 0.3) is 0 Å². The Morgan fingerprint density at radius 2 is 1.75 bits per heavy atom. The third-order valence-corrected chi connectivity index (χ3v) is 5.02. The number of nitrogens with one attached hydrogen (secondary N) is 1. The van der Waals surface area contributed by atoms with E-state index in [4.69, 9.17) is 32.7 Å². The van der Waals surface area contributed by atoms with E-state index >= 15 is 0 Å². The van der Waals surface area contributed by atoms with Gasteiger partial charge in [-0.05, 0) is 36.8 Å². The second-order valence-corrected chi connectivity index (χ2v) is 7.09. The highest BCUT2D eigenvalue weighted by molar-refractivity contribution is 6.36. The number of hydrogen-bond acceptors (Lipinski definition) is 4. The first-order valence-electron chi connectivity index (χ1n) is 8.77. The third kappa shape index (κ3) is 4.66. The summed E-state index contributed by atoms with van der Waals surface area (Å²) in [5.74, 6) is -0.616. The molecule has 1 aliphatic heterocycles. The molecule has 0 unspecified atom stereocenters. The van der Waals surface area contributed by atoms with Crippen molar-refractivity contribution in [1.82, 2.24) is 5.32 Å². The summed E-state index contributed by atoms with van der Waals surface area (Å²) in [6.07, 6.45) is 0.0613. The fourth-order valence-electron chi connectivity index (χ4n) is 3.15. The zero-order valence-electron chi connectivity index (χ0n) is 15.2. The van der Waals surface area contributed by atoms with Gasteiger partial charge in [-0.1, -0.05) is 47.5 Å². The van der Waals surface area contributed by atoms with E-state index in [-0.39, 0.29) is 25.5 Å². The van der Waals surface area contributed by atoms with Gasteiger partial charge in [-0.2, -0.15) is 0 Å². The minimum absolute atomic E-state index is 0.0613. The molecular weight excluding hydrogens is 401 g/mol. The largest absolute Gasteiger partial charge is 0.490 e. The van der Waals surface area contributed by atoms with Crippen LogP contribution in [0.4, 0.5) is 0 Å². The predicted octanol–water partition coefficient (Wildman–Crippen LogP) is 4.49. The van der Waals surface area contributed by atoms with Crippen molar-refractivity contribution in [2.45, 2.75) is 19.3 Å². The third-order valence-electron chi connectivity index (χ3n) is 4.37. The van der Waals surface area contributed by atoms with E-state index in [1.807, 2.05) is 30.3 Å². The maximum Gasteiger partial charge on any atom is 0.336 e. The molecule has 1 atom stereocenters. The lowest BCUT2D eigenvalue weighted by Crippen LogP contribution is -2.34. The average molecular weight is 420 g/mol. The number of esters is 1. The fraction of sp³-hybridized carbons (Fsp3) is 0.238. The number of hydrogen-bond donors (Lipinski definition) is 1. The Bertz CT molecular complexity index is 892. The highest BCUT2D eigenvalue weighted by atomic mass is 35.5. The molecule has 2 aromatic carbocycles. The first-order chi connectivity index (χ1) is 13.5. The first-order valence-corrected chi connectivity index (χ1v) is 9.52. The van der Waals surface area contributed by atoms with Crippen molar-refractivity contribution < 1.29 is 19.1 Å². The maximum atomic E-state index is 12.8. The van der Waals surface area contributed by atoms with Gasteiger partial charge in [-0.15, -0.1) is 0 Å². The lowest BCUT2D eigenvalue weighted by molar-refractivity contribution is -0.140. The number of allylic oxidation sites excluding steroid dienone is 1. The summed E-state index contributed by atoms with van der Waals surface area (Å²) < 4.78 is 10.9. The number of benzene rings is 2. The lowest BCUT2D eigenvalue weighted by atomic mass is 9.84. The number of para-hydroxylation sites is 1. The molecule has 0 aromatic heterocycles. The van der Waals surface area contributed by atoms with Gasteiger partial charge in [0.25, 0.3) is 0 Å².